The second-order valence-corrected chi connectivity index (χ2v) is 9.25. The summed E-state index contributed by atoms with van der Waals surface area (Å²) >= 11 is 4.88. The Balaban J connectivity index is 2.23. The van der Waals surface area contributed by atoms with E-state index in [4.69, 9.17) is 0 Å². The number of nitrogens with one attached hydrogen (secondary N) is 1. The number of halogens is 1. The Labute approximate surface area is 127 Å². The molecule has 0 aromatic carbocycles. The molecule has 0 aliphatic carbocycles. The summed E-state index contributed by atoms with van der Waals surface area (Å²) < 4.78 is 27.4. The zero-order valence-corrected chi connectivity index (χ0v) is 14.4. The van der Waals surface area contributed by atoms with Crippen molar-refractivity contribution in [3.8, 4) is 0 Å². The largest absolute Gasteiger partial charge is 0.312 e. The summed E-state index contributed by atoms with van der Waals surface area (Å²) in [5.41, 5.74) is 0. The van der Waals surface area contributed by atoms with Crippen molar-refractivity contribution in [2.24, 2.45) is 5.92 Å². The lowest BCUT2D eigenvalue weighted by atomic mass is 10.2. The predicted molar refractivity (Wildman–Crippen MR) is 81.9 cm³/mol. The van der Waals surface area contributed by atoms with Crippen LogP contribution in [0.5, 0.6) is 0 Å². The van der Waals surface area contributed by atoms with Gasteiger partial charge in [0.25, 0.3) is 0 Å². The molecular weight excluding hydrogens is 348 g/mol. The molecule has 19 heavy (non-hydrogen) atoms. The van der Waals surface area contributed by atoms with E-state index >= 15 is 0 Å². The third-order valence-corrected chi connectivity index (χ3v) is 7.38. The first-order valence-electron chi connectivity index (χ1n) is 6.44. The molecule has 7 heteroatoms. The molecule has 1 fully saturated rings. The normalized spacial score (nSPS) is 21.1. The second kappa shape index (κ2) is 6.22. The van der Waals surface area contributed by atoms with Gasteiger partial charge in [-0.25, -0.2) is 8.42 Å². The topological polar surface area (TPSA) is 49.4 Å². The summed E-state index contributed by atoms with van der Waals surface area (Å²) in [6.45, 7) is 6.98. The third-order valence-electron chi connectivity index (χ3n) is 3.26. The van der Waals surface area contributed by atoms with Crippen LogP contribution in [-0.4, -0.2) is 32.4 Å². The van der Waals surface area contributed by atoms with Crippen LogP contribution in [0.15, 0.2) is 14.7 Å². The summed E-state index contributed by atoms with van der Waals surface area (Å²) in [6.07, 6.45) is 0.950. The molecule has 108 valence electrons. The van der Waals surface area contributed by atoms with Gasteiger partial charge < -0.3 is 5.32 Å². The van der Waals surface area contributed by atoms with Crippen LogP contribution in [-0.2, 0) is 16.6 Å². The fraction of sp³-hybridized carbons (Fsp3) is 0.667. The van der Waals surface area contributed by atoms with E-state index in [1.165, 1.54) is 11.3 Å². The molecule has 1 aliphatic heterocycles. The van der Waals surface area contributed by atoms with Crippen molar-refractivity contribution >= 4 is 37.3 Å². The molecule has 1 N–H and O–H groups in total. The lowest BCUT2D eigenvalue weighted by molar-refractivity contribution is 0.464. The first kappa shape index (κ1) is 15.4. The van der Waals surface area contributed by atoms with Gasteiger partial charge in [-0.1, -0.05) is 13.8 Å². The van der Waals surface area contributed by atoms with Gasteiger partial charge in [0, 0.05) is 24.5 Å². The average molecular weight is 367 g/mol. The monoisotopic (exact) mass is 366 g/mol. The Morgan fingerprint density at radius 2 is 2.32 bits per heavy atom. The number of hydrogen-bond acceptors (Lipinski definition) is 4. The fourth-order valence-electron chi connectivity index (χ4n) is 2.16. The Morgan fingerprint density at radius 1 is 1.58 bits per heavy atom. The van der Waals surface area contributed by atoms with Crippen LogP contribution in [0.4, 0.5) is 0 Å². The van der Waals surface area contributed by atoms with Crippen molar-refractivity contribution in [2.45, 2.75) is 31.7 Å². The summed E-state index contributed by atoms with van der Waals surface area (Å²) in [7, 11) is -3.34. The first-order valence-corrected chi connectivity index (χ1v) is 9.49. The van der Waals surface area contributed by atoms with E-state index in [0.29, 0.717) is 34.2 Å². The van der Waals surface area contributed by atoms with Gasteiger partial charge in [-0.15, -0.1) is 11.3 Å². The van der Waals surface area contributed by atoms with E-state index in [1.807, 2.05) is 6.92 Å². The molecule has 1 atom stereocenters. The van der Waals surface area contributed by atoms with Crippen molar-refractivity contribution in [1.82, 2.24) is 9.62 Å². The summed E-state index contributed by atoms with van der Waals surface area (Å²) in [4.78, 5) is 1.46. The Kier molecular flexibility index (Phi) is 5.05. The van der Waals surface area contributed by atoms with Gasteiger partial charge in [-0.2, -0.15) is 4.31 Å². The Hall–Kier alpha value is 0.0500. The van der Waals surface area contributed by atoms with Gasteiger partial charge in [-0.3, -0.25) is 0 Å². The summed E-state index contributed by atoms with van der Waals surface area (Å²) in [5.74, 6) is 0.452. The van der Waals surface area contributed by atoms with E-state index < -0.39 is 10.0 Å². The highest BCUT2D eigenvalue weighted by Crippen LogP contribution is 2.35. The molecule has 0 bridgehead atoms. The molecular formula is C12H19BrN2O2S2. The minimum Gasteiger partial charge on any atom is -0.312 e. The number of sulfonamides is 1. The fourth-order valence-corrected chi connectivity index (χ4v) is 6.34. The summed E-state index contributed by atoms with van der Waals surface area (Å²) in [6, 6.07) is 1.79. The van der Waals surface area contributed by atoms with Crippen molar-refractivity contribution in [3.05, 3.63) is 14.7 Å². The highest BCUT2D eigenvalue weighted by molar-refractivity contribution is 9.11. The summed E-state index contributed by atoms with van der Waals surface area (Å²) in [5, 5.41) is 3.21. The molecule has 1 saturated heterocycles. The number of rotatable bonds is 5. The van der Waals surface area contributed by atoms with E-state index in [-0.39, 0.29) is 0 Å². The van der Waals surface area contributed by atoms with Crippen LogP contribution in [0.2, 0.25) is 0 Å². The van der Waals surface area contributed by atoms with Crippen molar-refractivity contribution in [3.63, 3.8) is 0 Å². The number of thiophene rings is 1. The predicted octanol–water partition coefficient (Wildman–Crippen LogP) is 2.65. The maximum Gasteiger partial charge on any atom is 0.245 e. The van der Waals surface area contributed by atoms with E-state index in [9.17, 15) is 8.42 Å². The molecule has 1 aliphatic rings. The zero-order valence-electron chi connectivity index (χ0n) is 11.1. The van der Waals surface area contributed by atoms with Crippen LogP contribution in [0.3, 0.4) is 0 Å². The average Bonchev–Trinajstić information content (AvgIpc) is 2.93. The maximum atomic E-state index is 12.6. The first-order chi connectivity index (χ1) is 8.95. The SMILES string of the molecule is CCNCc1cc(S(=O)(=O)N2CCC(C)C2)c(Br)s1. The molecule has 0 saturated carbocycles. The van der Waals surface area contributed by atoms with Crippen LogP contribution < -0.4 is 5.32 Å². The Bertz CT molecular complexity index is 542. The molecule has 1 aromatic rings. The van der Waals surface area contributed by atoms with Gasteiger partial charge >= 0.3 is 0 Å². The number of nitrogens with zero attached hydrogens (tertiary/aromatic N) is 1. The zero-order chi connectivity index (χ0) is 14.0. The van der Waals surface area contributed by atoms with E-state index in [0.717, 1.165) is 17.8 Å². The molecule has 1 aromatic heterocycles. The molecule has 0 radical (unpaired) electrons. The highest BCUT2D eigenvalue weighted by atomic mass is 79.9. The standard InChI is InChI=1S/C12H19BrN2O2S2/c1-3-14-7-10-6-11(12(13)18-10)19(16,17)15-5-4-9(2)8-15/h6,9,14H,3-5,7-8H2,1-2H3. The molecule has 0 amide bonds. The number of hydrogen-bond donors (Lipinski definition) is 1. The van der Waals surface area contributed by atoms with Gasteiger partial charge in [0.15, 0.2) is 0 Å². The van der Waals surface area contributed by atoms with Gasteiger partial charge in [0.2, 0.25) is 10.0 Å². The van der Waals surface area contributed by atoms with Crippen LogP contribution >= 0.6 is 27.3 Å². The Morgan fingerprint density at radius 3 is 2.89 bits per heavy atom. The minimum atomic E-state index is -3.34. The van der Waals surface area contributed by atoms with Crippen LogP contribution in [0.25, 0.3) is 0 Å². The third kappa shape index (κ3) is 3.39. The van der Waals surface area contributed by atoms with E-state index in [1.54, 1.807) is 10.4 Å². The molecule has 2 rings (SSSR count). The minimum absolute atomic E-state index is 0.416. The lowest BCUT2D eigenvalue weighted by Crippen LogP contribution is -2.28. The smallest absolute Gasteiger partial charge is 0.245 e. The molecule has 1 unspecified atom stereocenters. The van der Waals surface area contributed by atoms with Gasteiger partial charge in [0.1, 0.15) is 4.90 Å². The van der Waals surface area contributed by atoms with Crippen molar-refractivity contribution < 1.29 is 8.42 Å². The quantitative estimate of drug-likeness (QED) is 0.871. The van der Waals surface area contributed by atoms with Crippen molar-refractivity contribution in [1.29, 1.82) is 0 Å². The second-order valence-electron chi connectivity index (χ2n) is 4.89. The molecule has 4 nitrogen and oxygen atoms in total. The van der Waals surface area contributed by atoms with Crippen LogP contribution in [0.1, 0.15) is 25.1 Å². The lowest BCUT2D eigenvalue weighted by Gasteiger charge is -2.15. The van der Waals surface area contributed by atoms with Crippen LogP contribution in [0, 0.1) is 5.92 Å². The molecule has 0 spiro atoms. The molecule has 2 heterocycles. The highest BCUT2D eigenvalue weighted by Gasteiger charge is 2.32. The van der Waals surface area contributed by atoms with Gasteiger partial charge in [-0.05, 0) is 40.9 Å². The maximum absolute atomic E-state index is 12.6. The van der Waals surface area contributed by atoms with E-state index in [2.05, 4.69) is 28.2 Å². The van der Waals surface area contributed by atoms with Crippen molar-refractivity contribution in [2.75, 3.05) is 19.6 Å². The van der Waals surface area contributed by atoms with Gasteiger partial charge in [0.05, 0.1) is 3.79 Å².